The maximum absolute atomic E-state index is 4.71. The Morgan fingerprint density at radius 1 is 0.929 bits per heavy atom. The molecule has 0 saturated heterocycles. The maximum atomic E-state index is 4.71. The molecule has 0 N–H and O–H groups in total. The average Bonchev–Trinajstić information content (AvgIpc) is 2.93. The van der Waals surface area contributed by atoms with Gasteiger partial charge in [-0.25, -0.2) is 15.0 Å². The molecule has 0 radical (unpaired) electrons. The highest BCUT2D eigenvalue weighted by Gasteiger charge is 2.35. The van der Waals surface area contributed by atoms with Gasteiger partial charge in [0.1, 0.15) is 5.82 Å². The van der Waals surface area contributed by atoms with Crippen molar-refractivity contribution in [1.29, 1.82) is 0 Å². The molecule has 0 saturated carbocycles. The highest BCUT2D eigenvalue weighted by Crippen LogP contribution is 2.49. The number of aryl methyl sites for hydroxylation is 1. The van der Waals surface area contributed by atoms with E-state index in [1.165, 1.54) is 22.3 Å². The number of hydrogen-bond donors (Lipinski definition) is 0. The Balaban J connectivity index is 1.86. The van der Waals surface area contributed by atoms with Crippen molar-refractivity contribution in [1.82, 2.24) is 15.0 Å². The third-order valence-corrected chi connectivity index (χ3v) is 5.36. The zero-order valence-corrected chi connectivity index (χ0v) is 16.5. The first-order chi connectivity index (χ1) is 13.5. The first kappa shape index (κ1) is 18.1. The molecule has 1 aliphatic carbocycles. The molecule has 3 heteroatoms. The molecule has 2 aromatic carbocycles. The van der Waals surface area contributed by atoms with Gasteiger partial charge in [0.2, 0.25) is 0 Å². The van der Waals surface area contributed by atoms with E-state index in [2.05, 4.69) is 79.4 Å². The Morgan fingerprint density at radius 3 is 2.43 bits per heavy atom. The van der Waals surface area contributed by atoms with Crippen molar-refractivity contribution in [3.63, 3.8) is 0 Å². The van der Waals surface area contributed by atoms with Crippen molar-refractivity contribution in [2.75, 3.05) is 0 Å². The van der Waals surface area contributed by atoms with Gasteiger partial charge >= 0.3 is 0 Å². The van der Waals surface area contributed by atoms with Crippen LogP contribution < -0.4 is 0 Å². The van der Waals surface area contributed by atoms with E-state index in [1.807, 2.05) is 13.0 Å². The normalized spacial score (nSPS) is 14.3. The summed E-state index contributed by atoms with van der Waals surface area (Å²) in [5, 5.41) is 0. The fraction of sp³-hybridized carbons (Fsp3) is 0.160. The standard InChI is InChI=1S/C25H23N3/c1-6-10-17(7-2)23-26-16(3)27-24(28-23)18-13-14-20-19-11-8-9-12-21(19)25(4,5)22(20)15-18/h6-15H,1-2H2,3-5H3/b17-10+. The molecular formula is C25H23N3. The van der Waals surface area contributed by atoms with Crippen LogP contribution in [0.2, 0.25) is 0 Å². The van der Waals surface area contributed by atoms with E-state index < -0.39 is 0 Å². The smallest absolute Gasteiger partial charge is 0.163 e. The summed E-state index contributed by atoms with van der Waals surface area (Å²) in [6, 6.07) is 15.1. The van der Waals surface area contributed by atoms with Crippen LogP contribution in [-0.2, 0) is 5.41 Å². The number of benzene rings is 2. The Labute approximate surface area is 166 Å². The molecule has 0 atom stereocenters. The van der Waals surface area contributed by atoms with Gasteiger partial charge in [-0.05, 0) is 35.2 Å². The molecule has 28 heavy (non-hydrogen) atoms. The van der Waals surface area contributed by atoms with Gasteiger partial charge in [-0.2, -0.15) is 0 Å². The molecule has 0 amide bonds. The summed E-state index contributed by atoms with van der Waals surface area (Å²) in [6.07, 6.45) is 5.31. The van der Waals surface area contributed by atoms with Crippen molar-refractivity contribution in [2.24, 2.45) is 0 Å². The predicted octanol–water partition coefficient (Wildman–Crippen LogP) is 5.91. The lowest BCUT2D eigenvalue weighted by molar-refractivity contribution is 0.660. The molecule has 3 aromatic rings. The minimum absolute atomic E-state index is 0.0537. The van der Waals surface area contributed by atoms with Crippen LogP contribution >= 0.6 is 0 Å². The Bertz CT molecular complexity index is 1140. The Morgan fingerprint density at radius 2 is 1.68 bits per heavy atom. The third kappa shape index (κ3) is 2.80. The van der Waals surface area contributed by atoms with Crippen LogP contribution in [0.25, 0.3) is 28.1 Å². The van der Waals surface area contributed by atoms with Gasteiger partial charge in [0.15, 0.2) is 11.6 Å². The molecule has 1 aromatic heterocycles. The topological polar surface area (TPSA) is 38.7 Å². The van der Waals surface area contributed by atoms with Gasteiger partial charge in [-0.1, -0.05) is 81.6 Å². The molecule has 1 heterocycles. The lowest BCUT2D eigenvalue weighted by atomic mass is 9.82. The minimum Gasteiger partial charge on any atom is -0.213 e. The van der Waals surface area contributed by atoms with Crippen molar-refractivity contribution >= 4 is 5.57 Å². The van der Waals surface area contributed by atoms with Crippen LogP contribution in [0.5, 0.6) is 0 Å². The molecule has 0 spiro atoms. The highest BCUT2D eigenvalue weighted by atomic mass is 15.0. The van der Waals surface area contributed by atoms with Crippen molar-refractivity contribution in [3.8, 4) is 22.5 Å². The molecule has 3 nitrogen and oxygen atoms in total. The first-order valence-corrected chi connectivity index (χ1v) is 9.38. The lowest BCUT2D eigenvalue weighted by Gasteiger charge is -2.21. The quantitative estimate of drug-likeness (QED) is 0.540. The number of fused-ring (bicyclic) bond motifs is 3. The lowest BCUT2D eigenvalue weighted by Crippen LogP contribution is -2.15. The number of allylic oxidation sites excluding steroid dienone is 4. The highest BCUT2D eigenvalue weighted by molar-refractivity contribution is 5.83. The summed E-state index contributed by atoms with van der Waals surface area (Å²) in [6.45, 7) is 14.0. The van der Waals surface area contributed by atoms with Gasteiger partial charge in [0.05, 0.1) is 0 Å². The molecule has 138 valence electrons. The zero-order valence-electron chi connectivity index (χ0n) is 16.5. The van der Waals surface area contributed by atoms with Crippen LogP contribution in [0.3, 0.4) is 0 Å². The summed E-state index contributed by atoms with van der Waals surface area (Å²) in [5.74, 6) is 1.97. The zero-order chi connectivity index (χ0) is 19.9. The van der Waals surface area contributed by atoms with Gasteiger partial charge < -0.3 is 0 Å². The van der Waals surface area contributed by atoms with Crippen LogP contribution in [0.1, 0.15) is 36.6 Å². The van der Waals surface area contributed by atoms with Crippen LogP contribution in [0.4, 0.5) is 0 Å². The van der Waals surface area contributed by atoms with E-state index >= 15 is 0 Å². The second-order valence-corrected chi connectivity index (χ2v) is 7.52. The summed E-state index contributed by atoms with van der Waals surface area (Å²) in [7, 11) is 0. The van der Waals surface area contributed by atoms with Crippen LogP contribution in [0.15, 0.2) is 73.9 Å². The molecule has 0 fully saturated rings. The van der Waals surface area contributed by atoms with E-state index in [4.69, 9.17) is 4.98 Å². The molecule has 0 unspecified atom stereocenters. The summed E-state index contributed by atoms with van der Waals surface area (Å²) in [4.78, 5) is 13.8. The van der Waals surface area contributed by atoms with Gasteiger partial charge in [0, 0.05) is 16.6 Å². The van der Waals surface area contributed by atoms with Crippen molar-refractivity contribution in [2.45, 2.75) is 26.2 Å². The van der Waals surface area contributed by atoms with Crippen molar-refractivity contribution in [3.05, 3.63) is 96.6 Å². The van der Waals surface area contributed by atoms with Gasteiger partial charge in [0.25, 0.3) is 0 Å². The second kappa shape index (κ2) is 6.68. The number of nitrogens with zero attached hydrogens (tertiary/aromatic N) is 3. The van der Waals surface area contributed by atoms with E-state index in [0.717, 1.165) is 11.1 Å². The summed E-state index contributed by atoms with van der Waals surface area (Å²) in [5.41, 5.74) is 7.03. The molecule has 0 aliphatic heterocycles. The van der Waals surface area contributed by atoms with Crippen LogP contribution in [0, 0.1) is 6.92 Å². The average molecular weight is 365 g/mol. The monoisotopic (exact) mass is 365 g/mol. The number of hydrogen-bond acceptors (Lipinski definition) is 3. The molecule has 1 aliphatic rings. The molecule has 0 bridgehead atoms. The second-order valence-electron chi connectivity index (χ2n) is 7.52. The largest absolute Gasteiger partial charge is 0.213 e. The Hall–Kier alpha value is -3.33. The van der Waals surface area contributed by atoms with E-state index in [1.54, 1.807) is 12.2 Å². The van der Waals surface area contributed by atoms with Gasteiger partial charge in [-0.15, -0.1) is 0 Å². The number of aromatic nitrogens is 3. The van der Waals surface area contributed by atoms with E-state index in [0.29, 0.717) is 17.5 Å². The fourth-order valence-corrected chi connectivity index (χ4v) is 3.94. The molecule has 4 rings (SSSR count). The SMILES string of the molecule is C=C/C=C(\C=C)c1nc(C)nc(-c2ccc3c(c2)C(C)(C)c2ccccc2-3)n1. The van der Waals surface area contributed by atoms with Crippen molar-refractivity contribution < 1.29 is 0 Å². The maximum Gasteiger partial charge on any atom is 0.163 e. The summed E-state index contributed by atoms with van der Waals surface area (Å²) >= 11 is 0. The van der Waals surface area contributed by atoms with E-state index in [-0.39, 0.29) is 5.41 Å². The van der Waals surface area contributed by atoms with Crippen LogP contribution in [-0.4, -0.2) is 15.0 Å². The first-order valence-electron chi connectivity index (χ1n) is 9.38. The fourth-order valence-electron chi connectivity index (χ4n) is 3.94. The van der Waals surface area contributed by atoms with E-state index in [9.17, 15) is 0 Å². The number of rotatable bonds is 4. The molecular weight excluding hydrogens is 342 g/mol. The minimum atomic E-state index is -0.0537. The predicted molar refractivity (Wildman–Crippen MR) is 116 cm³/mol. The Kier molecular flexibility index (Phi) is 4.31. The summed E-state index contributed by atoms with van der Waals surface area (Å²) < 4.78 is 0. The van der Waals surface area contributed by atoms with Gasteiger partial charge in [-0.3, -0.25) is 0 Å². The third-order valence-electron chi connectivity index (χ3n) is 5.36.